The molecule has 0 amide bonds. The summed E-state index contributed by atoms with van der Waals surface area (Å²) in [5.41, 5.74) is 9.42. The zero-order chi connectivity index (χ0) is 14.7. The Labute approximate surface area is 122 Å². The monoisotopic (exact) mass is 277 g/mol. The van der Waals surface area contributed by atoms with Crippen LogP contribution in [0, 0.1) is 19.8 Å². The Hall–Kier alpha value is -1.13. The minimum absolute atomic E-state index is 0.504. The lowest BCUT2D eigenvalue weighted by Gasteiger charge is -2.32. The van der Waals surface area contributed by atoms with Gasteiger partial charge in [0.15, 0.2) is 0 Å². The molecule has 0 saturated heterocycles. The van der Waals surface area contributed by atoms with E-state index in [1.54, 1.807) is 7.11 Å². The van der Waals surface area contributed by atoms with Gasteiger partial charge in [-0.3, -0.25) is 0 Å². The molecule has 1 aliphatic carbocycles. The molecule has 1 fully saturated rings. The van der Waals surface area contributed by atoms with Crippen molar-refractivity contribution >= 4 is 5.82 Å². The van der Waals surface area contributed by atoms with E-state index in [0.29, 0.717) is 12.6 Å². The number of hydrogen-bond donors (Lipinski definition) is 1. The first-order valence-corrected chi connectivity index (χ1v) is 7.51. The molecular weight excluding hydrogens is 250 g/mol. The minimum atomic E-state index is 0.504. The van der Waals surface area contributed by atoms with Crippen molar-refractivity contribution in [2.45, 2.75) is 46.2 Å². The van der Waals surface area contributed by atoms with E-state index >= 15 is 0 Å². The number of hydrogen-bond acceptors (Lipinski definition) is 4. The number of rotatable bonds is 7. The summed E-state index contributed by atoms with van der Waals surface area (Å²) >= 11 is 0. The summed E-state index contributed by atoms with van der Waals surface area (Å²) in [6.07, 6.45) is 2.65. The molecule has 4 nitrogen and oxygen atoms in total. The molecule has 1 aliphatic rings. The van der Waals surface area contributed by atoms with Crippen molar-refractivity contribution in [3.8, 4) is 0 Å². The molecule has 1 aromatic rings. The molecule has 0 aromatic carbocycles. The largest absolute Gasteiger partial charge is 0.383 e. The van der Waals surface area contributed by atoms with Crippen LogP contribution in [-0.2, 0) is 11.3 Å². The topological polar surface area (TPSA) is 51.4 Å². The van der Waals surface area contributed by atoms with Gasteiger partial charge in [-0.2, -0.15) is 0 Å². The molecule has 1 unspecified atom stereocenters. The lowest BCUT2D eigenvalue weighted by atomic mass is 10.1. The van der Waals surface area contributed by atoms with Gasteiger partial charge in [-0.1, -0.05) is 0 Å². The lowest BCUT2D eigenvalue weighted by molar-refractivity contribution is 0.202. The average Bonchev–Trinajstić information content (AvgIpc) is 3.22. The number of aromatic nitrogens is 1. The van der Waals surface area contributed by atoms with Gasteiger partial charge in [0.2, 0.25) is 0 Å². The molecule has 1 atom stereocenters. The van der Waals surface area contributed by atoms with Crippen LogP contribution >= 0.6 is 0 Å². The number of aryl methyl sites for hydroxylation is 2. The van der Waals surface area contributed by atoms with Gasteiger partial charge < -0.3 is 15.4 Å². The van der Waals surface area contributed by atoms with Crippen molar-refractivity contribution in [2.24, 2.45) is 11.7 Å². The summed E-state index contributed by atoms with van der Waals surface area (Å²) in [6, 6.07) is 2.62. The highest BCUT2D eigenvalue weighted by atomic mass is 16.5. The van der Waals surface area contributed by atoms with E-state index in [9.17, 15) is 0 Å². The van der Waals surface area contributed by atoms with E-state index in [1.807, 2.05) is 6.92 Å². The van der Waals surface area contributed by atoms with Gasteiger partial charge in [0.25, 0.3) is 0 Å². The molecule has 1 saturated carbocycles. The molecule has 20 heavy (non-hydrogen) atoms. The summed E-state index contributed by atoms with van der Waals surface area (Å²) < 4.78 is 5.28. The van der Waals surface area contributed by atoms with E-state index in [4.69, 9.17) is 15.5 Å². The number of pyridine rings is 1. The van der Waals surface area contributed by atoms with Gasteiger partial charge in [0.1, 0.15) is 5.82 Å². The Bertz CT molecular complexity index is 457. The zero-order valence-corrected chi connectivity index (χ0v) is 13.1. The summed E-state index contributed by atoms with van der Waals surface area (Å²) in [5, 5.41) is 0. The molecule has 2 rings (SSSR count). The molecule has 0 spiro atoms. The highest BCUT2D eigenvalue weighted by Crippen LogP contribution is 2.37. The maximum atomic E-state index is 5.96. The van der Waals surface area contributed by atoms with E-state index in [1.165, 1.54) is 24.0 Å². The number of nitrogens with two attached hydrogens (primary N) is 1. The van der Waals surface area contributed by atoms with Crippen LogP contribution in [-0.4, -0.2) is 31.3 Å². The highest BCUT2D eigenvalue weighted by Gasteiger charge is 2.33. The smallest absolute Gasteiger partial charge is 0.133 e. The van der Waals surface area contributed by atoms with Crippen LogP contribution in [0.1, 0.15) is 36.6 Å². The van der Waals surface area contributed by atoms with Crippen molar-refractivity contribution < 1.29 is 4.74 Å². The SMILES string of the molecule is COCCN(c1nc(C)cc(C)c1CN)C(C)C1CC1. The van der Waals surface area contributed by atoms with Crippen molar-refractivity contribution in [3.05, 3.63) is 22.9 Å². The number of nitrogens with zero attached hydrogens (tertiary/aromatic N) is 2. The molecule has 1 aromatic heterocycles. The van der Waals surface area contributed by atoms with E-state index < -0.39 is 0 Å². The fourth-order valence-electron chi connectivity index (χ4n) is 2.86. The van der Waals surface area contributed by atoms with E-state index in [0.717, 1.165) is 30.6 Å². The highest BCUT2D eigenvalue weighted by molar-refractivity contribution is 5.52. The molecule has 112 valence electrons. The summed E-state index contributed by atoms with van der Waals surface area (Å²) in [6.45, 7) is 8.60. The molecule has 4 heteroatoms. The third-order valence-corrected chi connectivity index (χ3v) is 4.26. The second-order valence-electron chi connectivity index (χ2n) is 5.85. The summed E-state index contributed by atoms with van der Waals surface area (Å²) in [5.74, 6) is 1.85. The maximum Gasteiger partial charge on any atom is 0.133 e. The van der Waals surface area contributed by atoms with Crippen molar-refractivity contribution in [2.75, 3.05) is 25.2 Å². The second-order valence-corrected chi connectivity index (χ2v) is 5.85. The van der Waals surface area contributed by atoms with Crippen LogP contribution < -0.4 is 10.6 Å². The first kappa shape index (κ1) is 15.3. The van der Waals surface area contributed by atoms with Crippen LogP contribution in [0.15, 0.2) is 6.07 Å². The van der Waals surface area contributed by atoms with Gasteiger partial charge in [-0.05, 0) is 51.2 Å². The van der Waals surface area contributed by atoms with Crippen LogP contribution in [0.5, 0.6) is 0 Å². The Balaban J connectivity index is 2.35. The maximum absolute atomic E-state index is 5.96. The van der Waals surface area contributed by atoms with Crippen molar-refractivity contribution in [1.82, 2.24) is 4.98 Å². The zero-order valence-electron chi connectivity index (χ0n) is 13.1. The van der Waals surface area contributed by atoms with E-state index in [2.05, 4.69) is 24.8 Å². The van der Waals surface area contributed by atoms with Crippen LogP contribution in [0.25, 0.3) is 0 Å². The number of methoxy groups -OCH3 is 1. The average molecular weight is 277 g/mol. The fraction of sp³-hybridized carbons (Fsp3) is 0.688. The predicted molar refractivity (Wildman–Crippen MR) is 83.0 cm³/mol. The van der Waals surface area contributed by atoms with Gasteiger partial charge >= 0.3 is 0 Å². The van der Waals surface area contributed by atoms with Crippen molar-refractivity contribution in [1.29, 1.82) is 0 Å². The Morgan fingerprint density at radius 1 is 1.45 bits per heavy atom. The van der Waals surface area contributed by atoms with Crippen LogP contribution in [0.3, 0.4) is 0 Å². The first-order chi connectivity index (χ1) is 9.58. The molecule has 1 heterocycles. The number of ether oxygens (including phenoxy) is 1. The van der Waals surface area contributed by atoms with Crippen LogP contribution in [0.2, 0.25) is 0 Å². The molecule has 0 aliphatic heterocycles. The Morgan fingerprint density at radius 3 is 2.70 bits per heavy atom. The third-order valence-electron chi connectivity index (χ3n) is 4.26. The fourth-order valence-corrected chi connectivity index (χ4v) is 2.86. The molecular formula is C16H27N3O. The lowest BCUT2D eigenvalue weighted by Crippen LogP contribution is -2.39. The summed E-state index contributed by atoms with van der Waals surface area (Å²) in [7, 11) is 1.75. The quantitative estimate of drug-likeness (QED) is 0.831. The predicted octanol–water partition coefficient (Wildman–Crippen LogP) is 2.41. The summed E-state index contributed by atoms with van der Waals surface area (Å²) in [4.78, 5) is 7.17. The molecule has 0 radical (unpaired) electrons. The van der Waals surface area contributed by atoms with Gasteiger partial charge in [0.05, 0.1) is 6.61 Å². The third kappa shape index (κ3) is 3.30. The number of anilines is 1. The van der Waals surface area contributed by atoms with E-state index in [-0.39, 0.29) is 0 Å². The molecule has 0 bridgehead atoms. The Kier molecular flexibility index (Phi) is 5.00. The van der Waals surface area contributed by atoms with Gasteiger partial charge in [-0.25, -0.2) is 4.98 Å². The van der Waals surface area contributed by atoms with Crippen molar-refractivity contribution in [3.63, 3.8) is 0 Å². The Morgan fingerprint density at radius 2 is 2.15 bits per heavy atom. The normalized spacial score (nSPS) is 16.2. The molecule has 2 N–H and O–H groups in total. The second kappa shape index (κ2) is 6.55. The first-order valence-electron chi connectivity index (χ1n) is 7.51. The van der Waals surface area contributed by atoms with Gasteiger partial charge in [-0.15, -0.1) is 0 Å². The van der Waals surface area contributed by atoms with Crippen LogP contribution in [0.4, 0.5) is 5.82 Å². The minimum Gasteiger partial charge on any atom is -0.383 e. The standard InChI is InChI=1S/C16H27N3O/c1-11-9-12(2)18-16(15(11)10-17)19(7-8-20-4)13(3)14-5-6-14/h9,13-14H,5-8,10,17H2,1-4H3. The van der Waals surface area contributed by atoms with Gasteiger partial charge in [0, 0.05) is 37.5 Å².